The second kappa shape index (κ2) is 6.02. The summed E-state index contributed by atoms with van der Waals surface area (Å²) in [5, 5.41) is 9.52. The molecule has 0 aliphatic carbocycles. The van der Waals surface area contributed by atoms with E-state index in [4.69, 9.17) is 4.74 Å². The Balaban J connectivity index is 2.11. The second-order valence-electron chi connectivity index (χ2n) is 6.03. The van der Waals surface area contributed by atoms with Gasteiger partial charge in [0.2, 0.25) is 0 Å². The molecule has 0 aromatic heterocycles. The van der Waals surface area contributed by atoms with Crippen molar-refractivity contribution in [2.75, 3.05) is 20.2 Å². The van der Waals surface area contributed by atoms with Gasteiger partial charge in [0, 0.05) is 24.7 Å². The highest BCUT2D eigenvalue weighted by Crippen LogP contribution is 2.38. The van der Waals surface area contributed by atoms with Gasteiger partial charge in [-0.3, -0.25) is 9.69 Å². The molecule has 5 heteroatoms. The lowest BCUT2D eigenvalue weighted by Crippen LogP contribution is -2.39. The number of hydrogen-bond acceptors (Lipinski definition) is 3. The maximum Gasteiger partial charge on any atom is 0.311 e. The maximum absolute atomic E-state index is 14.0. The number of likely N-dealkylation sites (tertiary alicyclic amines) is 1. The van der Waals surface area contributed by atoms with Gasteiger partial charge in [-0.15, -0.1) is 0 Å². The van der Waals surface area contributed by atoms with Gasteiger partial charge in [-0.25, -0.2) is 4.39 Å². The minimum atomic E-state index is -0.754. The van der Waals surface area contributed by atoms with Crippen molar-refractivity contribution in [3.63, 3.8) is 0 Å². The van der Waals surface area contributed by atoms with E-state index in [-0.39, 0.29) is 11.7 Å². The molecule has 1 aromatic rings. The fraction of sp³-hybridized carbons (Fsp3) is 0.562. The van der Waals surface area contributed by atoms with E-state index < -0.39 is 11.4 Å². The number of carbonyl (C=O) groups is 1. The Kier molecular flexibility index (Phi) is 4.52. The van der Waals surface area contributed by atoms with Crippen LogP contribution in [0.3, 0.4) is 0 Å². The molecule has 0 amide bonds. The molecule has 1 saturated heterocycles. The van der Waals surface area contributed by atoms with Crippen LogP contribution in [0.15, 0.2) is 18.2 Å². The van der Waals surface area contributed by atoms with Crippen molar-refractivity contribution in [2.24, 2.45) is 11.3 Å². The van der Waals surface area contributed by atoms with Crippen LogP contribution >= 0.6 is 0 Å². The number of hydrogen-bond donors (Lipinski definition) is 1. The quantitative estimate of drug-likeness (QED) is 0.907. The molecule has 1 heterocycles. The molecule has 0 radical (unpaired) electrons. The first kappa shape index (κ1) is 15.8. The van der Waals surface area contributed by atoms with Crippen molar-refractivity contribution in [1.82, 2.24) is 4.90 Å². The highest BCUT2D eigenvalue weighted by Gasteiger charge is 2.47. The summed E-state index contributed by atoms with van der Waals surface area (Å²) >= 11 is 0. The van der Waals surface area contributed by atoms with E-state index in [9.17, 15) is 14.3 Å². The Morgan fingerprint density at radius 1 is 1.52 bits per heavy atom. The summed E-state index contributed by atoms with van der Waals surface area (Å²) in [6.07, 6.45) is 0.609. The second-order valence-corrected chi connectivity index (χ2v) is 6.03. The van der Waals surface area contributed by atoms with Crippen LogP contribution in [0.5, 0.6) is 5.75 Å². The van der Waals surface area contributed by atoms with Crippen molar-refractivity contribution >= 4 is 5.97 Å². The normalized spacial score (nSPS) is 22.7. The monoisotopic (exact) mass is 295 g/mol. The number of rotatable bonds is 5. The van der Waals surface area contributed by atoms with E-state index in [1.807, 2.05) is 18.7 Å². The van der Waals surface area contributed by atoms with Gasteiger partial charge in [0.05, 0.1) is 12.5 Å². The minimum Gasteiger partial charge on any atom is -0.497 e. The van der Waals surface area contributed by atoms with Crippen LogP contribution in [0.2, 0.25) is 0 Å². The lowest BCUT2D eigenvalue weighted by molar-refractivity contribution is -0.151. The number of carboxylic acid groups (broad SMARTS) is 1. The Morgan fingerprint density at radius 2 is 2.24 bits per heavy atom. The molecule has 1 aliphatic rings. The Bertz CT molecular complexity index is 532. The Hall–Kier alpha value is -1.62. The number of benzene rings is 1. The Labute approximate surface area is 124 Å². The Morgan fingerprint density at radius 3 is 2.71 bits per heavy atom. The highest BCUT2D eigenvalue weighted by atomic mass is 19.1. The summed E-state index contributed by atoms with van der Waals surface area (Å²) in [6, 6.07) is 4.78. The zero-order valence-corrected chi connectivity index (χ0v) is 12.7. The average Bonchev–Trinajstić information content (AvgIpc) is 2.86. The van der Waals surface area contributed by atoms with Gasteiger partial charge in [-0.05, 0) is 24.9 Å². The van der Waals surface area contributed by atoms with Crippen LogP contribution < -0.4 is 4.74 Å². The third-order valence-electron chi connectivity index (χ3n) is 4.57. The van der Waals surface area contributed by atoms with E-state index in [0.717, 1.165) is 0 Å². The van der Waals surface area contributed by atoms with Crippen LogP contribution in [0.1, 0.15) is 25.8 Å². The molecule has 0 bridgehead atoms. The van der Waals surface area contributed by atoms with Crippen LogP contribution in [0, 0.1) is 17.2 Å². The minimum absolute atomic E-state index is 0.0562. The standard InChI is InChI=1S/C16H22FNO3/c1-11(2)16(15(19)20)6-7-18(10-16)9-12-4-5-13(21-3)8-14(12)17/h4-5,8,11H,6-7,9-10H2,1-3H3,(H,19,20). The van der Waals surface area contributed by atoms with Crippen LogP contribution in [-0.2, 0) is 11.3 Å². The lowest BCUT2D eigenvalue weighted by atomic mass is 9.76. The number of carboxylic acids is 1. The van der Waals surface area contributed by atoms with E-state index in [1.165, 1.54) is 13.2 Å². The molecule has 21 heavy (non-hydrogen) atoms. The molecule has 1 fully saturated rings. The summed E-state index contributed by atoms with van der Waals surface area (Å²) in [7, 11) is 1.50. The zero-order valence-electron chi connectivity index (χ0n) is 12.7. The summed E-state index contributed by atoms with van der Waals surface area (Å²) in [5.41, 5.74) is -0.149. The van der Waals surface area contributed by atoms with Gasteiger partial charge in [0.25, 0.3) is 0 Å². The van der Waals surface area contributed by atoms with E-state index in [1.54, 1.807) is 12.1 Å². The van der Waals surface area contributed by atoms with E-state index >= 15 is 0 Å². The van der Waals surface area contributed by atoms with Gasteiger partial charge >= 0.3 is 5.97 Å². The first-order chi connectivity index (χ1) is 9.89. The smallest absolute Gasteiger partial charge is 0.311 e. The van der Waals surface area contributed by atoms with E-state index in [0.29, 0.717) is 37.4 Å². The average molecular weight is 295 g/mol. The maximum atomic E-state index is 14.0. The fourth-order valence-corrected chi connectivity index (χ4v) is 2.97. The summed E-state index contributed by atoms with van der Waals surface area (Å²) < 4.78 is 19.0. The molecule has 4 nitrogen and oxygen atoms in total. The largest absolute Gasteiger partial charge is 0.497 e. The molecule has 1 N–H and O–H groups in total. The van der Waals surface area contributed by atoms with E-state index in [2.05, 4.69) is 0 Å². The van der Waals surface area contributed by atoms with Gasteiger partial charge in [0.15, 0.2) is 0 Å². The zero-order chi connectivity index (χ0) is 15.6. The highest BCUT2D eigenvalue weighted by molar-refractivity contribution is 5.75. The third kappa shape index (κ3) is 3.02. The van der Waals surface area contributed by atoms with Gasteiger partial charge in [-0.2, -0.15) is 0 Å². The molecular weight excluding hydrogens is 273 g/mol. The first-order valence-corrected chi connectivity index (χ1v) is 7.17. The summed E-state index contributed by atoms with van der Waals surface area (Å²) in [5.74, 6) is -0.526. The molecule has 116 valence electrons. The molecule has 0 saturated carbocycles. The van der Waals surface area contributed by atoms with Crippen molar-refractivity contribution in [1.29, 1.82) is 0 Å². The fourth-order valence-electron chi connectivity index (χ4n) is 2.97. The summed E-state index contributed by atoms with van der Waals surface area (Å²) in [6.45, 7) is 5.44. The molecule has 1 unspecified atom stereocenters. The first-order valence-electron chi connectivity index (χ1n) is 7.17. The van der Waals surface area contributed by atoms with Crippen molar-refractivity contribution < 1.29 is 19.0 Å². The molecule has 1 atom stereocenters. The van der Waals surface area contributed by atoms with Gasteiger partial charge < -0.3 is 9.84 Å². The van der Waals surface area contributed by atoms with Crippen molar-refractivity contribution in [3.8, 4) is 5.75 Å². The predicted octanol–water partition coefficient (Wildman–Crippen LogP) is 2.77. The van der Waals surface area contributed by atoms with Crippen molar-refractivity contribution in [3.05, 3.63) is 29.6 Å². The summed E-state index contributed by atoms with van der Waals surface area (Å²) in [4.78, 5) is 13.6. The SMILES string of the molecule is COc1ccc(CN2CCC(C(=O)O)(C(C)C)C2)c(F)c1. The molecule has 1 aromatic carbocycles. The van der Waals surface area contributed by atoms with Gasteiger partial charge in [0.1, 0.15) is 11.6 Å². The lowest BCUT2D eigenvalue weighted by Gasteiger charge is -2.28. The number of aliphatic carboxylic acids is 1. The molecule has 2 rings (SSSR count). The third-order valence-corrected chi connectivity index (χ3v) is 4.57. The molecule has 0 spiro atoms. The van der Waals surface area contributed by atoms with Gasteiger partial charge in [-0.1, -0.05) is 19.9 Å². The van der Waals surface area contributed by atoms with Crippen molar-refractivity contribution in [2.45, 2.75) is 26.8 Å². The van der Waals surface area contributed by atoms with Crippen LogP contribution in [0.25, 0.3) is 0 Å². The molecular formula is C16H22FNO3. The molecule has 1 aliphatic heterocycles. The topological polar surface area (TPSA) is 49.8 Å². The van der Waals surface area contributed by atoms with Crippen LogP contribution in [0.4, 0.5) is 4.39 Å². The predicted molar refractivity (Wildman–Crippen MR) is 77.8 cm³/mol. The number of methoxy groups -OCH3 is 1. The van der Waals surface area contributed by atoms with Crippen LogP contribution in [-0.4, -0.2) is 36.2 Å². The number of nitrogens with zero attached hydrogens (tertiary/aromatic N) is 1. The number of halogens is 1. The number of ether oxygens (including phenoxy) is 1.